The second-order valence-electron chi connectivity index (χ2n) is 8.43. The Labute approximate surface area is 172 Å². The van der Waals surface area contributed by atoms with Crippen LogP contribution in [0.5, 0.6) is 0 Å². The van der Waals surface area contributed by atoms with E-state index < -0.39 is 36.5 Å². The summed E-state index contributed by atoms with van der Waals surface area (Å²) in [5.41, 5.74) is 3.03. The van der Waals surface area contributed by atoms with E-state index in [1.54, 1.807) is 11.7 Å². The molecule has 2 saturated carbocycles. The molecule has 1 heterocycles. The van der Waals surface area contributed by atoms with E-state index >= 15 is 0 Å². The summed E-state index contributed by atoms with van der Waals surface area (Å²) in [7, 11) is 1.70. The van der Waals surface area contributed by atoms with Crippen molar-refractivity contribution in [1.82, 2.24) is 9.78 Å². The fourth-order valence-corrected chi connectivity index (χ4v) is 4.31. The zero-order chi connectivity index (χ0) is 21.5. The lowest BCUT2D eigenvalue weighted by atomic mass is 9.74. The maximum absolute atomic E-state index is 13.5. The van der Waals surface area contributed by atoms with Gasteiger partial charge in [-0.05, 0) is 37.2 Å². The standard InChI is InChI=1S/C22H25F4N3O/c1-29-20(27-18(30)12-16-13-21(23,24)22(16,25)26)19(15-8-5-9-15)17(28-29)11-10-14-6-3-2-4-7-14/h2-4,6-7,15-16H,5,8-13H2,1H3,(H,27,30)/t16-/m0/s1. The van der Waals surface area contributed by atoms with Crippen molar-refractivity contribution >= 4 is 11.7 Å². The minimum atomic E-state index is -4.13. The number of halogens is 4. The lowest BCUT2D eigenvalue weighted by Gasteiger charge is -2.43. The molecule has 0 spiro atoms. The predicted molar refractivity (Wildman–Crippen MR) is 105 cm³/mol. The Morgan fingerprint density at radius 3 is 2.43 bits per heavy atom. The van der Waals surface area contributed by atoms with Crippen molar-refractivity contribution in [2.45, 2.75) is 62.7 Å². The van der Waals surface area contributed by atoms with Crippen LogP contribution in [-0.2, 0) is 24.7 Å². The summed E-state index contributed by atoms with van der Waals surface area (Å²) in [5, 5.41) is 7.27. The second-order valence-corrected chi connectivity index (χ2v) is 8.43. The highest BCUT2D eigenvalue weighted by atomic mass is 19.3. The minimum Gasteiger partial charge on any atom is -0.311 e. The van der Waals surface area contributed by atoms with Gasteiger partial charge in [0.25, 0.3) is 0 Å². The average Bonchev–Trinajstić information content (AvgIpc) is 2.94. The van der Waals surface area contributed by atoms with Crippen molar-refractivity contribution < 1.29 is 22.4 Å². The van der Waals surface area contributed by atoms with Crippen LogP contribution in [-0.4, -0.2) is 27.5 Å². The van der Waals surface area contributed by atoms with Gasteiger partial charge in [-0.15, -0.1) is 0 Å². The molecular formula is C22H25F4N3O. The summed E-state index contributed by atoms with van der Waals surface area (Å²) < 4.78 is 54.8. The van der Waals surface area contributed by atoms with Gasteiger partial charge in [0.1, 0.15) is 5.82 Å². The van der Waals surface area contributed by atoms with E-state index in [1.807, 2.05) is 30.3 Å². The van der Waals surface area contributed by atoms with Crippen molar-refractivity contribution in [3.05, 3.63) is 47.2 Å². The van der Waals surface area contributed by atoms with E-state index in [0.717, 1.165) is 36.9 Å². The molecule has 4 rings (SSSR count). The fourth-order valence-electron chi connectivity index (χ4n) is 4.31. The molecule has 0 unspecified atom stereocenters. The van der Waals surface area contributed by atoms with Crippen molar-refractivity contribution in [3.63, 3.8) is 0 Å². The minimum absolute atomic E-state index is 0.272. The molecule has 0 aliphatic heterocycles. The molecule has 1 aromatic carbocycles. The maximum Gasteiger partial charge on any atom is 0.313 e. The molecule has 1 N–H and O–H groups in total. The van der Waals surface area contributed by atoms with E-state index in [2.05, 4.69) is 10.4 Å². The van der Waals surface area contributed by atoms with E-state index in [-0.39, 0.29) is 5.92 Å². The number of alkyl halides is 4. The van der Waals surface area contributed by atoms with Crippen LogP contribution in [0.4, 0.5) is 23.4 Å². The van der Waals surface area contributed by atoms with Gasteiger partial charge in [0.15, 0.2) is 0 Å². The van der Waals surface area contributed by atoms with Gasteiger partial charge < -0.3 is 5.32 Å². The number of carbonyl (C=O) groups is 1. The van der Waals surface area contributed by atoms with Gasteiger partial charge in [-0.2, -0.15) is 22.7 Å². The molecule has 2 fully saturated rings. The largest absolute Gasteiger partial charge is 0.313 e. The molecule has 0 bridgehead atoms. The molecule has 1 atom stereocenters. The van der Waals surface area contributed by atoms with Gasteiger partial charge in [-0.25, -0.2) is 0 Å². The third kappa shape index (κ3) is 3.72. The normalized spacial score (nSPS) is 22.2. The smallest absolute Gasteiger partial charge is 0.311 e. The molecule has 1 aromatic heterocycles. The number of rotatable bonds is 7. The molecule has 30 heavy (non-hydrogen) atoms. The summed E-state index contributed by atoms with van der Waals surface area (Å²) >= 11 is 0. The van der Waals surface area contributed by atoms with Gasteiger partial charge in [0, 0.05) is 31.4 Å². The van der Waals surface area contributed by atoms with Crippen LogP contribution in [0.3, 0.4) is 0 Å². The van der Waals surface area contributed by atoms with Crippen LogP contribution in [0, 0.1) is 5.92 Å². The number of nitrogens with one attached hydrogen (secondary N) is 1. The molecular weight excluding hydrogens is 398 g/mol. The number of hydrogen-bond acceptors (Lipinski definition) is 2. The van der Waals surface area contributed by atoms with E-state index in [1.165, 1.54) is 5.56 Å². The molecule has 0 saturated heterocycles. The average molecular weight is 423 g/mol. The number of hydrogen-bond donors (Lipinski definition) is 1. The first-order valence-electron chi connectivity index (χ1n) is 10.3. The first-order chi connectivity index (χ1) is 14.2. The molecule has 2 aliphatic rings. The van der Waals surface area contributed by atoms with Crippen LogP contribution < -0.4 is 5.32 Å². The van der Waals surface area contributed by atoms with E-state index in [0.29, 0.717) is 12.2 Å². The highest BCUT2D eigenvalue weighted by molar-refractivity contribution is 5.91. The Balaban J connectivity index is 1.48. The van der Waals surface area contributed by atoms with Gasteiger partial charge >= 0.3 is 11.8 Å². The molecule has 8 heteroatoms. The number of benzene rings is 1. The Morgan fingerprint density at radius 2 is 1.87 bits per heavy atom. The Kier molecular flexibility index (Phi) is 5.36. The second kappa shape index (κ2) is 7.71. The van der Waals surface area contributed by atoms with E-state index in [9.17, 15) is 22.4 Å². The highest BCUT2D eigenvalue weighted by Gasteiger charge is 2.71. The summed E-state index contributed by atoms with van der Waals surface area (Å²) in [5.74, 6) is -9.68. The lowest BCUT2D eigenvalue weighted by Crippen LogP contribution is -2.59. The van der Waals surface area contributed by atoms with E-state index in [4.69, 9.17) is 0 Å². The quantitative estimate of drug-likeness (QED) is 0.631. The number of anilines is 1. The molecule has 4 nitrogen and oxygen atoms in total. The van der Waals surface area contributed by atoms with Crippen molar-refractivity contribution in [3.8, 4) is 0 Å². The van der Waals surface area contributed by atoms with Crippen LogP contribution in [0.1, 0.15) is 54.8 Å². The van der Waals surface area contributed by atoms with Crippen LogP contribution in [0.2, 0.25) is 0 Å². The molecule has 2 aliphatic carbocycles. The van der Waals surface area contributed by atoms with Crippen LogP contribution in [0.15, 0.2) is 30.3 Å². The third-order valence-corrected chi connectivity index (χ3v) is 6.36. The van der Waals surface area contributed by atoms with Crippen molar-refractivity contribution in [1.29, 1.82) is 0 Å². The Bertz CT molecular complexity index is 922. The highest BCUT2D eigenvalue weighted by Crippen LogP contribution is 2.56. The zero-order valence-electron chi connectivity index (χ0n) is 16.8. The lowest BCUT2D eigenvalue weighted by molar-refractivity contribution is -0.313. The Hall–Kier alpha value is -2.38. The van der Waals surface area contributed by atoms with Gasteiger partial charge in [0.05, 0.1) is 5.69 Å². The van der Waals surface area contributed by atoms with Crippen molar-refractivity contribution in [2.24, 2.45) is 13.0 Å². The fraction of sp³-hybridized carbons (Fsp3) is 0.545. The molecule has 2 aromatic rings. The summed E-state index contributed by atoms with van der Waals surface area (Å²) in [6.45, 7) is 0. The SMILES string of the molecule is Cn1nc(CCc2ccccc2)c(C2CCC2)c1NC(=O)C[C@H]1CC(F)(F)C1(F)F. The topological polar surface area (TPSA) is 46.9 Å². The Morgan fingerprint density at radius 1 is 1.17 bits per heavy atom. The first kappa shape index (κ1) is 20.9. The van der Waals surface area contributed by atoms with Crippen LogP contribution in [0.25, 0.3) is 0 Å². The summed E-state index contributed by atoms with van der Waals surface area (Å²) in [6, 6.07) is 10.0. The molecule has 162 valence electrons. The monoisotopic (exact) mass is 423 g/mol. The number of aromatic nitrogens is 2. The van der Waals surface area contributed by atoms with Crippen LogP contribution >= 0.6 is 0 Å². The molecule has 0 radical (unpaired) electrons. The third-order valence-electron chi connectivity index (χ3n) is 6.36. The zero-order valence-corrected chi connectivity index (χ0v) is 16.8. The van der Waals surface area contributed by atoms with Gasteiger partial charge in [-0.1, -0.05) is 36.8 Å². The maximum atomic E-state index is 13.5. The number of amides is 1. The molecule has 1 amide bonds. The summed E-state index contributed by atoms with van der Waals surface area (Å²) in [6.07, 6.45) is 2.97. The number of nitrogens with zero attached hydrogens (tertiary/aromatic N) is 2. The first-order valence-corrected chi connectivity index (χ1v) is 10.3. The number of aryl methyl sites for hydroxylation is 3. The summed E-state index contributed by atoms with van der Waals surface area (Å²) in [4.78, 5) is 12.4. The van der Waals surface area contributed by atoms with Gasteiger partial charge in [-0.3, -0.25) is 9.48 Å². The predicted octanol–water partition coefficient (Wildman–Crippen LogP) is 5.09. The van der Waals surface area contributed by atoms with Gasteiger partial charge in [0.2, 0.25) is 5.91 Å². The van der Waals surface area contributed by atoms with Crippen molar-refractivity contribution in [2.75, 3.05) is 5.32 Å². The number of carbonyl (C=O) groups excluding carboxylic acids is 1.